The van der Waals surface area contributed by atoms with Gasteiger partial charge in [-0.1, -0.05) is 18.2 Å². The van der Waals surface area contributed by atoms with Gasteiger partial charge in [0.1, 0.15) is 0 Å². The van der Waals surface area contributed by atoms with E-state index < -0.39 is 0 Å². The number of rotatable bonds is 4. The lowest BCUT2D eigenvalue weighted by atomic mass is 10.2. The van der Waals surface area contributed by atoms with Crippen LogP contribution in [0.5, 0.6) is 0 Å². The number of amides is 2. The van der Waals surface area contributed by atoms with Gasteiger partial charge in [-0.05, 0) is 48.5 Å². The molecular weight excluding hydrogens is 288 g/mol. The van der Waals surface area contributed by atoms with E-state index in [-0.39, 0.29) is 6.03 Å². The molecule has 0 bridgehead atoms. The van der Waals surface area contributed by atoms with Crippen molar-refractivity contribution in [3.8, 4) is 0 Å². The SMILES string of the molecule is O=C(Nc1ccc(Nc2ccccc2)cc1)Nc1cccnc1. The maximum atomic E-state index is 11.9. The second kappa shape index (κ2) is 7.09. The van der Waals surface area contributed by atoms with Crippen LogP contribution in [0.2, 0.25) is 0 Å². The number of urea groups is 1. The summed E-state index contributed by atoms with van der Waals surface area (Å²) < 4.78 is 0. The number of carbonyl (C=O) groups is 1. The molecule has 0 aliphatic carbocycles. The number of anilines is 4. The van der Waals surface area contributed by atoms with E-state index in [2.05, 4.69) is 20.9 Å². The number of pyridine rings is 1. The first kappa shape index (κ1) is 14.6. The molecule has 3 rings (SSSR count). The van der Waals surface area contributed by atoms with Crippen molar-refractivity contribution in [2.75, 3.05) is 16.0 Å². The molecule has 0 saturated carbocycles. The van der Waals surface area contributed by atoms with Crippen molar-refractivity contribution in [3.05, 3.63) is 79.1 Å². The van der Waals surface area contributed by atoms with Gasteiger partial charge in [0.25, 0.3) is 0 Å². The summed E-state index contributed by atoms with van der Waals surface area (Å²) in [5.41, 5.74) is 3.33. The Bertz CT molecular complexity index is 758. The average molecular weight is 304 g/mol. The summed E-state index contributed by atoms with van der Waals surface area (Å²) in [5, 5.41) is 8.78. The molecule has 0 atom stereocenters. The Labute approximate surface area is 134 Å². The number of aromatic nitrogens is 1. The molecular formula is C18H16N4O. The molecule has 0 saturated heterocycles. The van der Waals surface area contributed by atoms with Crippen molar-refractivity contribution in [1.82, 2.24) is 4.98 Å². The van der Waals surface area contributed by atoms with E-state index in [0.29, 0.717) is 11.4 Å². The van der Waals surface area contributed by atoms with Crippen LogP contribution in [-0.2, 0) is 0 Å². The first-order valence-electron chi connectivity index (χ1n) is 7.20. The van der Waals surface area contributed by atoms with Crippen LogP contribution in [0, 0.1) is 0 Å². The smallest absolute Gasteiger partial charge is 0.323 e. The fourth-order valence-corrected chi connectivity index (χ4v) is 2.06. The van der Waals surface area contributed by atoms with E-state index in [1.54, 1.807) is 24.5 Å². The van der Waals surface area contributed by atoms with Crippen molar-refractivity contribution in [1.29, 1.82) is 0 Å². The van der Waals surface area contributed by atoms with Crippen LogP contribution in [0.15, 0.2) is 79.1 Å². The Morgan fingerprint density at radius 3 is 2.00 bits per heavy atom. The van der Waals surface area contributed by atoms with E-state index >= 15 is 0 Å². The highest BCUT2D eigenvalue weighted by molar-refractivity contribution is 5.99. The van der Waals surface area contributed by atoms with E-state index in [1.807, 2.05) is 54.6 Å². The summed E-state index contributed by atoms with van der Waals surface area (Å²) in [6.45, 7) is 0. The Hall–Kier alpha value is -3.34. The van der Waals surface area contributed by atoms with Crippen LogP contribution in [0.3, 0.4) is 0 Å². The molecule has 3 aromatic rings. The Morgan fingerprint density at radius 1 is 0.696 bits per heavy atom. The van der Waals surface area contributed by atoms with Crippen molar-refractivity contribution in [2.45, 2.75) is 0 Å². The summed E-state index contributed by atoms with van der Waals surface area (Å²) in [4.78, 5) is 15.8. The lowest BCUT2D eigenvalue weighted by molar-refractivity contribution is 0.262. The second-order valence-corrected chi connectivity index (χ2v) is 4.89. The Balaban J connectivity index is 1.58. The molecule has 2 aromatic carbocycles. The van der Waals surface area contributed by atoms with E-state index in [4.69, 9.17) is 0 Å². The average Bonchev–Trinajstić information content (AvgIpc) is 2.58. The summed E-state index contributed by atoms with van der Waals surface area (Å²) >= 11 is 0. The number of carbonyl (C=O) groups excluding carboxylic acids is 1. The monoisotopic (exact) mass is 304 g/mol. The molecule has 5 heteroatoms. The fraction of sp³-hybridized carbons (Fsp3) is 0. The van der Waals surface area contributed by atoms with Gasteiger partial charge in [0.2, 0.25) is 0 Å². The summed E-state index contributed by atoms with van der Waals surface area (Å²) in [5.74, 6) is 0. The molecule has 0 aliphatic rings. The van der Waals surface area contributed by atoms with Crippen LogP contribution in [0.25, 0.3) is 0 Å². The third kappa shape index (κ3) is 4.31. The van der Waals surface area contributed by atoms with Crippen LogP contribution >= 0.6 is 0 Å². The minimum Gasteiger partial charge on any atom is -0.356 e. The fourth-order valence-electron chi connectivity index (χ4n) is 2.06. The van der Waals surface area contributed by atoms with Gasteiger partial charge in [-0.25, -0.2) is 4.79 Å². The zero-order chi connectivity index (χ0) is 15.9. The third-order valence-electron chi connectivity index (χ3n) is 3.12. The van der Waals surface area contributed by atoms with Crippen LogP contribution in [-0.4, -0.2) is 11.0 Å². The van der Waals surface area contributed by atoms with Gasteiger partial charge in [-0.15, -0.1) is 0 Å². The summed E-state index contributed by atoms with van der Waals surface area (Å²) in [6, 6.07) is 20.6. The minimum absolute atomic E-state index is 0.304. The summed E-state index contributed by atoms with van der Waals surface area (Å²) in [7, 11) is 0. The van der Waals surface area contributed by atoms with Gasteiger partial charge in [0.15, 0.2) is 0 Å². The third-order valence-corrected chi connectivity index (χ3v) is 3.12. The van der Waals surface area contributed by atoms with Gasteiger partial charge < -0.3 is 16.0 Å². The highest BCUT2D eigenvalue weighted by atomic mass is 16.2. The molecule has 1 aromatic heterocycles. The highest BCUT2D eigenvalue weighted by Crippen LogP contribution is 2.18. The number of hydrogen-bond acceptors (Lipinski definition) is 3. The molecule has 2 amide bonds. The predicted octanol–water partition coefficient (Wildman–Crippen LogP) is 4.47. The molecule has 0 spiro atoms. The number of nitrogens with one attached hydrogen (secondary N) is 3. The molecule has 0 unspecified atom stereocenters. The van der Waals surface area contributed by atoms with Crippen molar-refractivity contribution < 1.29 is 4.79 Å². The first-order chi connectivity index (χ1) is 11.3. The quantitative estimate of drug-likeness (QED) is 0.666. The largest absolute Gasteiger partial charge is 0.356 e. The number of nitrogens with zero attached hydrogens (tertiary/aromatic N) is 1. The molecule has 114 valence electrons. The van der Waals surface area contributed by atoms with Crippen LogP contribution in [0.1, 0.15) is 0 Å². The Morgan fingerprint density at radius 2 is 1.30 bits per heavy atom. The van der Waals surface area contributed by atoms with E-state index in [1.165, 1.54) is 0 Å². The first-order valence-corrected chi connectivity index (χ1v) is 7.20. The number of benzene rings is 2. The lowest BCUT2D eigenvalue weighted by Gasteiger charge is -2.09. The molecule has 5 nitrogen and oxygen atoms in total. The van der Waals surface area contributed by atoms with Gasteiger partial charge in [0.05, 0.1) is 11.9 Å². The van der Waals surface area contributed by atoms with Crippen LogP contribution in [0.4, 0.5) is 27.5 Å². The standard InChI is InChI=1S/C18H16N4O/c23-18(22-17-7-4-12-19-13-17)21-16-10-8-15(9-11-16)20-14-5-2-1-3-6-14/h1-13,20H,(H2,21,22,23). The molecule has 1 heterocycles. The van der Waals surface area contributed by atoms with Crippen molar-refractivity contribution in [3.63, 3.8) is 0 Å². The molecule has 0 radical (unpaired) electrons. The van der Waals surface area contributed by atoms with Gasteiger partial charge in [-0.2, -0.15) is 0 Å². The maximum Gasteiger partial charge on any atom is 0.323 e. The zero-order valence-electron chi connectivity index (χ0n) is 12.4. The second-order valence-electron chi connectivity index (χ2n) is 4.89. The normalized spacial score (nSPS) is 9.91. The topological polar surface area (TPSA) is 66.1 Å². The van der Waals surface area contributed by atoms with Crippen molar-refractivity contribution in [2.24, 2.45) is 0 Å². The van der Waals surface area contributed by atoms with Gasteiger partial charge in [0, 0.05) is 23.3 Å². The molecule has 23 heavy (non-hydrogen) atoms. The molecule has 0 aliphatic heterocycles. The molecule has 0 fully saturated rings. The van der Waals surface area contributed by atoms with Gasteiger partial charge >= 0.3 is 6.03 Å². The number of hydrogen-bond donors (Lipinski definition) is 3. The molecule has 3 N–H and O–H groups in total. The predicted molar refractivity (Wildman–Crippen MR) is 93.0 cm³/mol. The zero-order valence-corrected chi connectivity index (χ0v) is 12.4. The highest BCUT2D eigenvalue weighted by Gasteiger charge is 2.02. The van der Waals surface area contributed by atoms with E-state index in [9.17, 15) is 4.79 Å². The minimum atomic E-state index is -0.304. The van der Waals surface area contributed by atoms with Crippen molar-refractivity contribution >= 4 is 28.8 Å². The summed E-state index contributed by atoms with van der Waals surface area (Å²) in [6.07, 6.45) is 3.24. The number of para-hydroxylation sites is 1. The maximum absolute atomic E-state index is 11.9. The van der Waals surface area contributed by atoms with E-state index in [0.717, 1.165) is 11.4 Å². The lowest BCUT2D eigenvalue weighted by Crippen LogP contribution is -2.19. The van der Waals surface area contributed by atoms with Crippen LogP contribution < -0.4 is 16.0 Å². The van der Waals surface area contributed by atoms with Gasteiger partial charge in [-0.3, -0.25) is 4.98 Å². The Kier molecular flexibility index (Phi) is 4.49.